The average Bonchev–Trinajstić information content (AvgIpc) is 2.19. The molecule has 1 fully saturated rings. The fraction of sp³-hybridized carbons (Fsp3) is 1.00. The van der Waals surface area contributed by atoms with Crippen molar-refractivity contribution in [1.29, 1.82) is 0 Å². The summed E-state index contributed by atoms with van der Waals surface area (Å²) in [6.07, 6.45) is 2.25. The summed E-state index contributed by atoms with van der Waals surface area (Å²) in [5, 5.41) is 3.38. The van der Waals surface area contributed by atoms with Gasteiger partial charge >= 0.3 is 0 Å². The summed E-state index contributed by atoms with van der Waals surface area (Å²) in [6.45, 7) is 7.66. The van der Waals surface area contributed by atoms with Crippen LogP contribution in [0.5, 0.6) is 0 Å². The number of likely N-dealkylation sites (N-methyl/N-ethyl adjacent to an activating group) is 1. The molecule has 0 amide bonds. The maximum absolute atomic E-state index is 5.72. The second-order valence-corrected chi connectivity index (χ2v) is 4.65. The molecule has 0 saturated carbocycles. The molecule has 0 aromatic carbocycles. The van der Waals surface area contributed by atoms with E-state index in [2.05, 4.69) is 31.1 Å². The van der Waals surface area contributed by atoms with Crippen molar-refractivity contribution in [2.24, 2.45) is 0 Å². The highest BCUT2D eigenvalue weighted by atomic mass is 16.5. The van der Waals surface area contributed by atoms with E-state index in [-0.39, 0.29) is 5.60 Å². The van der Waals surface area contributed by atoms with E-state index in [1.165, 1.54) is 0 Å². The van der Waals surface area contributed by atoms with Crippen molar-refractivity contribution < 1.29 is 4.74 Å². The van der Waals surface area contributed by atoms with Gasteiger partial charge in [-0.25, -0.2) is 0 Å². The van der Waals surface area contributed by atoms with Crippen LogP contribution in [0.4, 0.5) is 0 Å². The van der Waals surface area contributed by atoms with E-state index >= 15 is 0 Å². The van der Waals surface area contributed by atoms with Crippen molar-refractivity contribution in [2.45, 2.75) is 38.3 Å². The van der Waals surface area contributed by atoms with Gasteiger partial charge in [-0.05, 0) is 46.8 Å². The predicted octanol–water partition coefficient (Wildman–Crippen LogP) is 1.10. The Morgan fingerprint density at radius 1 is 1.36 bits per heavy atom. The minimum absolute atomic E-state index is 0.0876. The fourth-order valence-corrected chi connectivity index (χ4v) is 1.95. The molecule has 3 nitrogen and oxygen atoms in total. The molecule has 84 valence electrons. The monoisotopic (exact) mass is 200 g/mol. The van der Waals surface area contributed by atoms with Crippen molar-refractivity contribution >= 4 is 0 Å². The third kappa shape index (κ3) is 2.94. The Labute approximate surface area is 87.8 Å². The van der Waals surface area contributed by atoms with E-state index in [9.17, 15) is 0 Å². The first-order valence-electron chi connectivity index (χ1n) is 5.56. The van der Waals surface area contributed by atoms with Gasteiger partial charge in [-0.1, -0.05) is 0 Å². The number of hydrogen-bond donors (Lipinski definition) is 1. The number of nitrogens with zero attached hydrogens (tertiary/aromatic N) is 1. The number of ether oxygens (including phenoxy) is 1. The third-order valence-electron chi connectivity index (χ3n) is 3.37. The van der Waals surface area contributed by atoms with E-state index in [4.69, 9.17) is 4.74 Å². The molecule has 1 rings (SSSR count). The summed E-state index contributed by atoms with van der Waals surface area (Å²) in [6, 6.07) is 0.594. The molecule has 14 heavy (non-hydrogen) atoms. The van der Waals surface area contributed by atoms with Gasteiger partial charge in [-0.3, -0.25) is 0 Å². The lowest BCUT2D eigenvalue weighted by Crippen LogP contribution is -2.51. The zero-order valence-electron chi connectivity index (χ0n) is 9.97. The van der Waals surface area contributed by atoms with Gasteiger partial charge in [0.05, 0.1) is 5.60 Å². The molecule has 0 aliphatic carbocycles. The van der Waals surface area contributed by atoms with Crippen molar-refractivity contribution in [3.8, 4) is 0 Å². The maximum Gasteiger partial charge on any atom is 0.0829 e. The number of rotatable bonds is 4. The Balaban J connectivity index is 2.51. The predicted molar refractivity (Wildman–Crippen MR) is 59.6 cm³/mol. The summed E-state index contributed by atoms with van der Waals surface area (Å²) in [5.74, 6) is 0. The molecule has 3 heteroatoms. The molecule has 0 radical (unpaired) electrons. The van der Waals surface area contributed by atoms with Gasteiger partial charge in [0.2, 0.25) is 0 Å². The molecule has 0 bridgehead atoms. The molecular weight excluding hydrogens is 176 g/mol. The molecule has 1 heterocycles. The molecule has 1 aliphatic rings. The van der Waals surface area contributed by atoms with Crippen molar-refractivity contribution in [3.63, 3.8) is 0 Å². The average molecular weight is 200 g/mol. The van der Waals surface area contributed by atoms with E-state index < -0.39 is 0 Å². The lowest BCUT2D eigenvalue weighted by Gasteiger charge is -2.40. The maximum atomic E-state index is 5.72. The number of methoxy groups -OCH3 is 1. The van der Waals surface area contributed by atoms with E-state index in [1.54, 1.807) is 0 Å². The van der Waals surface area contributed by atoms with Gasteiger partial charge in [-0.2, -0.15) is 0 Å². The molecule has 1 N–H and O–H groups in total. The van der Waals surface area contributed by atoms with Crippen molar-refractivity contribution in [3.05, 3.63) is 0 Å². The normalized spacial score (nSPS) is 21.9. The second kappa shape index (κ2) is 5.10. The number of hydrogen-bond acceptors (Lipinski definition) is 3. The number of nitrogens with one attached hydrogen (secondary N) is 1. The van der Waals surface area contributed by atoms with Gasteiger partial charge in [0.1, 0.15) is 0 Å². The van der Waals surface area contributed by atoms with Crippen LogP contribution in [0.15, 0.2) is 0 Å². The highest BCUT2D eigenvalue weighted by molar-refractivity contribution is 4.89. The molecular formula is C11H24N2O. The minimum atomic E-state index is 0.0876. The van der Waals surface area contributed by atoms with Crippen LogP contribution in [-0.2, 0) is 4.74 Å². The molecule has 0 aromatic rings. The summed E-state index contributed by atoms with van der Waals surface area (Å²) in [5.41, 5.74) is 0.0876. The Bertz CT molecular complexity index is 165. The molecule has 1 saturated heterocycles. The minimum Gasteiger partial charge on any atom is -0.377 e. The van der Waals surface area contributed by atoms with Gasteiger partial charge < -0.3 is 15.0 Å². The first kappa shape index (κ1) is 12.0. The quantitative estimate of drug-likeness (QED) is 0.735. The lowest BCUT2D eigenvalue weighted by atomic mass is 9.91. The molecule has 1 aliphatic heterocycles. The summed E-state index contributed by atoms with van der Waals surface area (Å²) >= 11 is 0. The van der Waals surface area contributed by atoms with Crippen LogP contribution in [0.1, 0.15) is 26.7 Å². The van der Waals surface area contributed by atoms with Crippen LogP contribution >= 0.6 is 0 Å². The first-order chi connectivity index (χ1) is 6.59. The highest BCUT2D eigenvalue weighted by Gasteiger charge is 2.33. The summed E-state index contributed by atoms with van der Waals surface area (Å²) in [4.78, 5) is 2.37. The van der Waals surface area contributed by atoms with Crippen LogP contribution in [-0.4, -0.2) is 50.3 Å². The second-order valence-electron chi connectivity index (χ2n) is 4.65. The zero-order chi connectivity index (χ0) is 10.6. The van der Waals surface area contributed by atoms with Crippen LogP contribution in [0, 0.1) is 0 Å². The van der Waals surface area contributed by atoms with Crippen LogP contribution < -0.4 is 5.32 Å². The van der Waals surface area contributed by atoms with Crippen LogP contribution in [0.3, 0.4) is 0 Å². The third-order valence-corrected chi connectivity index (χ3v) is 3.37. The molecule has 0 aromatic heterocycles. The Kier molecular flexibility index (Phi) is 4.35. The smallest absolute Gasteiger partial charge is 0.0829 e. The SMILES string of the molecule is COC1(CN(C)C(C)C)CCNCC1. The van der Waals surface area contributed by atoms with Gasteiger partial charge in [-0.15, -0.1) is 0 Å². The summed E-state index contributed by atoms with van der Waals surface area (Å²) < 4.78 is 5.72. The van der Waals surface area contributed by atoms with E-state index in [0.717, 1.165) is 32.5 Å². The van der Waals surface area contributed by atoms with Crippen LogP contribution in [0.25, 0.3) is 0 Å². The van der Waals surface area contributed by atoms with Crippen LogP contribution in [0.2, 0.25) is 0 Å². The van der Waals surface area contributed by atoms with E-state index in [0.29, 0.717) is 6.04 Å². The largest absolute Gasteiger partial charge is 0.377 e. The number of piperidine rings is 1. The van der Waals surface area contributed by atoms with Gasteiger partial charge in [0.25, 0.3) is 0 Å². The molecule has 0 atom stereocenters. The van der Waals surface area contributed by atoms with Crippen molar-refractivity contribution in [2.75, 3.05) is 33.8 Å². The lowest BCUT2D eigenvalue weighted by molar-refractivity contribution is -0.0573. The van der Waals surface area contributed by atoms with Crippen molar-refractivity contribution in [1.82, 2.24) is 10.2 Å². The molecule has 0 unspecified atom stereocenters. The Morgan fingerprint density at radius 2 is 1.93 bits per heavy atom. The fourth-order valence-electron chi connectivity index (χ4n) is 1.95. The van der Waals surface area contributed by atoms with E-state index in [1.807, 2.05) is 7.11 Å². The van der Waals surface area contributed by atoms with Gasteiger partial charge in [0, 0.05) is 19.7 Å². The standard InChI is InChI=1S/C11H24N2O/c1-10(2)13(3)9-11(14-4)5-7-12-8-6-11/h10,12H,5-9H2,1-4H3. The topological polar surface area (TPSA) is 24.5 Å². The molecule has 0 spiro atoms. The first-order valence-corrected chi connectivity index (χ1v) is 5.56. The Hall–Kier alpha value is -0.120. The summed E-state index contributed by atoms with van der Waals surface area (Å²) in [7, 11) is 4.02. The zero-order valence-corrected chi connectivity index (χ0v) is 9.97. The Morgan fingerprint density at radius 3 is 2.36 bits per heavy atom. The van der Waals surface area contributed by atoms with Gasteiger partial charge in [0.15, 0.2) is 0 Å². The highest BCUT2D eigenvalue weighted by Crippen LogP contribution is 2.23.